The van der Waals surface area contributed by atoms with E-state index in [-0.39, 0.29) is 12.2 Å². The second-order valence-electron chi connectivity index (χ2n) is 3.45. The molecule has 1 aromatic carbocycles. The molecule has 1 rings (SSSR count). The van der Waals surface area contributed by atoms with E-state index in [9.17, 15) is 9.90 Å². The summed E-state index contributed by atoms with van der Waals surface area (Å²) in [6.07, 6.45) is 1.13. The summed E-state index contributed by atoms with van der Waals surface area (Å²) >= 11 is 5.86. The highest BCUT2D eigenvalue weighted by Crippen LogP contribution is 2.31. The van der Waals surface area contributed by atoms with Crippen molar-refractivity contribution in [3.8, 4) is 5.75 Å². The van der Waals surface area contributed by atoms with Gasteiger partial charge in [0.05, 0.1) is 5.02 Å². The van der Waals surface area contributed by atoms with Gasteiger partial charge in [-0.05, 0) is 30.9 Å². The van der Waals surface area contributed by atoms with Gasteiger partial charge in [0, 0.05) is 6.42 Å². The molecule has 0 saturated heterocycles. The van der Waals surface area contributed by atoms with E-state index in [0.717, 1.165) is 5.56 Å². The molecule has 0 saturated carbocycles. The number of halogens is 1. The molecular weight excluding hydrogens is 216 g/mol. The molecule has 0 bridgehead atoms. The maximum absolute atomic E-state index is 10.3. The minimum atomic E-state index is -0.826. The van der Waals surface area contributed by atoms with Gasteiger partial charge in [0.1, 0.15) is 5.75 Å². The average molecular weight is 229 g/mol. The van der Waals surface area contributed by atoms with Gasteiger partial charge < -0.3 is 10.2 Å². The third-order valence-corrected chi connectivity index (χ3v) is 2.71. The van der Waals surface area contributed by atoms with Gasteiger partial charge in [-0.1, -0.05) is 23.7 Å². The fourth-order valence-electron chi connectivity index (χ4n) is 1.34. The normalized spacial score (nSPS) is 10.3. The van der Waals surface area contributed by atoms with Gasteiger partial charge in [-0.15, -0.1) is 0 Å². The molecule has 0 aromatic heterocycles. The van der Waals surface area contributed by atoms with Crippen LogP contribution >= 0.6 is 11.6 Å². The van der Waals surface area contributed by atoms with Crippen LogP contribution in [0.3, 0.4) is 0 Å². The van der Waals surface area contributed by atoms with Gasteiger partial charge in [0.2, 0.25) is 0 Å². The zero-order valence-corrected chi connectivity index (χ0v) is 9.21. The summed E-state index contributed by atoms with van der Waals surface area (Å²) in [5.74, 6) is -0.755. The second-order valence-corrected chi connectivity index (χ2v) is 3.83. The molecule has 0 amide bonds. The molecule has 0 aliphatic rings. The van der Waals surface area contributed by atoms with Crippen LogP contribution < -0.4 is 0 Å². The van der Waals surface area contributed by atoms with Crippen molar-refractivity contribution in [2.75, 3.05) is 0 Å². The number of carbonyl (C=O) groups is 1. The molecule has 0 unspecified atom stereocenters. The number of rotatable bonds is 4. The number of aryl methyl sites for hydroxylation is 2. The summed E-state index contributed by atoms with van der Waals surface area (Å²) in [5, 5.41) is 18.5. The van der Waals surface area contributed by atoms with Crippen LogP contribution in [-0.4, -0.2) is 16.2 Å². The van der Waals surface area contributed by atoms with Gasteiger partial charge in [-0.25, -0.2) is 0 Å². The minimum absolute atomic E-state index is 0.0713. The van der Waals surface area contributed by atoms with Crippen molar-refractivity contribution in [3.63, 3.8) is 0 Å². The van der Waals surface area contributed by atoms with Gasteiger partial charge in [0.15, 0.2) is 0 Å². The lowest BCUT2D eigenvalue weighted by atomic mass is 10.1. The summed E-state index contributed by atoms with van der Waals surface area (Å²) in [4.78, 5) is 10.3. The van der Waals surface area contributed by atoms with Crippen molar-refractivity contribution >= 4 is 17.6 Å². The SMILES string of the molecule is Cc1ccc(CCCC(=O)O)c(O)c1Cl. The molecule has 0 heterocycles. The zero-order chi connectivity index (χ0) is 11.4. The Balaban J connectivity index is 2.70. The molecule has 15 heavy (non-hydrogen) atoms. The van der Waals surface area contributed by atoms with Crippen molar-refractivity contribution in [2.45, 2.75) is 26.2 Å². The first-order valence-corrected chi connectivity index (χ1v) is 5.09. The van der Waals surface area contributed by atoms with Crippen LogP contribution in [0.15, 0.2) is 12.1 Å². The predicted octanol–water partition coefficient (Wildman–Crippen LogP) is 2.76. The van der Waals surface area contributed by atoms with E-state index in [4.69, 9.17) is 16.7 Å². The minimum Gasteiger partial charge on any atom is -0.506 e. The topological polar surface area (TPSA) is 57.5 Å². The Morgan fingerprint density at radius 1 is 1.47 bits per heavy atom. The quantitative estimate of drug-likeness (QED) is 0.833. The number of hydrogen-bond acceptors (Lipinski definition) is 2. The fraction of sp³-hybridized carbons (Fsp3) is 0.364. The number of phenolic OH excluding ortho intramolecular Hbond substituents is 1. The summed E-state index contributed by atoms with van der Waals surface area (Å²) in [7, 11) is 0. The first-order chi connectivity index (χ1) is 7.02. The van der Waals surface area contributed by atoms with Crippen molar-refractivity contribution in [3.05, 3.63) is 28.3 Å². The molecule has 0 aliphatic heterocycles. The summed E-state index contributed by atoms with van der Waals surface area (Å²) in [6.45, 7) is 1.81. The van der Waals surface area contributed by atoms with Crippen LogP contribution in [0.5, 0.6) is 5.75 Å². The molecule has 1 aromatic rings. The first-order valence-electron chi connectivity index (χ1n) is 4.71. The van der Waals surface area contributed by atoms with Gasteiger partial charge in [0.25, 0.3) is 0 Å². The van der Waals surface area contributed by atoms with Crippen LogP contribution in [-0.2, 0) is 11.2 Å². The number of carboxylic acids is 1. The lowest BCUT2D eigenvalue weighted by molar-refractivity contribution is -0.137. The number of carboxylic acid groups (broad SMARTS) is 1. The highest BCUT2D eigenvalue weighted by atomic mass is 35.5. The third-order valence-electron chi connectivity index (χ3n) is 2.23. The molecule has 4 heteroatoms. The Bertz CT molecular complexity index is 374. The standard InChI is InChI=1S/C11H13ClO3/c1-7-5-6-8(11(15)10(7)12)3-2-4-9(13)14/h5-6,15H,2-4H2,1H3,(H,13,14). The van der Waals surface area contributed by atoms with Gasteiger partial charge in [-0.3, -0.25) is 4.79 Å². The molecular formula is C11H13ClO3. The Kier molecular flexibility index (Phi) is 3.97. The van der Waals surface area contributed by atoms with Gasteiger partial charge >= 0.3 is 5.97 Å². The van der Waals surface area contributed by atoms with Crippen molar-refractivity contribution in [1.29, 1.82) is 0 Å². The number of aliphatic carboxylic acids is 1. The fourth-order valence-corrected chi connectivity index (χ4v) is 1.52. The number of phenols is 1. The Labute approximate surface area is 93.3 Å². The molecule has 3 nitrogen and oxygen atoms in total. The third kappa shape index (κ3) is 3.13. The van der Waals surface area contributed by atoms with Crippen molar-refractivity contribution in [1.82, 2.24) is 0 Å². The Morgan fingerprint density at radius 3 is 2.73 bits per heavy atom. The smallest absolute Gasteiger partial charge is 0.303 e. The second kappa shape index (κ2) is 5.03. The maximum atomic E-state index is 10.3. The van der Waals surface area contributed by atoms with Crippen LogP contribution in [0.2, 0.25) is 5.02 Å². The number of hydrogen-bond donors (Lipinski definition) is 2. The molecule has 0 aliphatic carbocycles. The van der Waals surface area contributed by atoms with E-state index in [0.29, 0.717) is 23.4 Å². The van der Waals surface area contributed by atoms with Crippen LogP contribution in [0, 0.1) is 6.92 Å². The molecule has 0 atom stereocenters. The van der Waals surface area contributed by atoms with E-state index in [1.54, 1.807) is 6.07 Å². The van der Waals surface area contributed by atoms with Crippen LogP contribution in [0.25, 0.3) is 0 Å². The molecule has 0 spiro atoms. The molecule has 82 valence electrons. The van der Waals surface area contributed by atoms with E-state index in [1.807, 2.05) is 13.0 Å². The largest absolute Gasteiger partial charge is 0.506 e. The monoisotopic (exact) mass is 228 g/mol. The van der Waals surface area contributed by atoms with Crippen molar-refractivity contribution in [2.24, 2.45) is 0 Å². The number of benzene rings is 1. The van der Waals surface area contributed by atoms with Crippen LogP contribution in [0.4, 0.5) is 0 Å². The molecule has 0 fully saturated rings. The average Bonchev–Trinajstić information content (AvgIpc) is 2.18. The Hall–Kier alpha value is -1.22. The van der Waals surface area contributed by atoms with E-state index in [2.05, 4.69) is 0 Å². The number of aromatic hydroxyl groups is 1. The lowest BCUT2D eigenvalue weighted by Crippen LogP contribution is -1.96. The highest BCUT2D eigenvalue weighted by molar-refractivity contribution is 6.32. The Morgan fingerprint density at radius 2 is 2.13 bits per heavy atom. The summed E-state index contributed by atoms with van der Waals surface area (Å²) < 4.78 is 0. The van der Waals surface area contributed by atoms with Crippen LogP contribution in [0.1, 0.15) is 24.0 Å². The molecule has 2 N–H and O–H groups in total. The highest BCUT2D eigenvalue weighted by Gasteiger charge is 2.08. The van der Waals surface area contributed by atoms with E-state index >= 15 is 0 Å². The first kappa shape index (κ1) is 11.9. The maximum Gasteiger partial charge on any atom is 0.303 e. The van der Waals surface area contributed by atoms with Gasteiger partial charge in [-0.2, -0.15) is 0 Å². The molecule has 0 radical (unpaired) electrons. The van der Waals surface area contributed by atoms with Crippen molar-refractivity contribution < 1.29 is 15.0 Å². The lowest BCUT2D eigenvalue weighted by Gasteiger charge is -2.07. The summed E-state index contributed by atoms with van der Waals surface area (Å²) in [5.41, 5.74) is 1.52. The van der Waals surface area contributed by atoms with E-state index in [1.165, 1.54) is 0 Å². The summed E-state index contributed by atoms with van der Waals surface area (Å²) in [6, 6.07) is 3.59. The predicted molar refractivity (Wildman–Crippen MR) is 58.4 cm³/mol. The zero-order valence-electron chi connectivity index (χ0n) is 8.46. The van der Waals surface area contributed by atoms with E-state index < -0.39 is 5.97 Å².